The first-order valence-electron chi connectivity index (χ1n) is 8.72. The first-order chi connectivity index (χ1) is 13.5. The molecule has 0 bridgehead atoms. The molecule has 0 unspecified atom stereocenters. The minimum atomic E-state index is -0.185. The molecule has 0 radical (unpaired) electrons. The second-order valence-corrected chi connectivity index (χ2v) is 6.77. The van der Waals surface area contributed by atoms with Crippen LogP contribution in [0.1, 0.15) is 21.7 Å². The third-order valence-corrected chi connectivity index (χ3v) is 4.33. The van der Waals surface area contributed by atoms with Gasteiger partial charge in [-0.05, 0) is 36.8 Å². The van der Waals surface area contributed by atoms with E-state index in [0.29, 0.717) is 40.3 Å². The van der Waals surface area contributed by atoms with E-state index in [1.165, 1.54) is 0 Å². The zero-order chi connectivity index (χ0) is 20.1. The Hall–Kier alpha value is -3.12. The number of aryl methyl sites for hydroxylation is 1. The molecule has 1 heterocycles. The van der Waals surface area contributed by atoms with Crippen LogP contribution in [-0.4, -0.2) is 34.9 Å². The Labute approximate surface area is 169 Å². The Morgan fingerprint density at radius 2 is 1.89 bits per heavy atom. The van der Waals surface area contributed by atoms with Gasteiger partial charge in [-0.1, -0.05) is 41.9 Å². The Bertz CT molecular complexity index is 979. The molecule has 7 heteroatoms. The van der Waals surface area contributed by atoms with Crippen molar-refractivity contribution in [3.63, 3.8) is 0 Å². The molecular weight excluding hydrogens is 376 g/mol. The maximum Gasteiger partial charge on any atom is 0.272 e. The molecule has 1 aromatic heterocycles. The van der Waals surface area contributed by atoms with Crippen molar-refractivity contribution in [1.82, 2.24) is 14.9 Å². The summed E-state index contributed by atoms with van der Waals surface area (Å²) in [6.45, 7) is 2.31. The quantitative estimate of drug-likeness (QED) is 0.666. The van der Waals surface area contributed by atoms with Crippen LogP contribution in [0.25, 0.3) is 0 Å². The van der Waals surface area contributed by atoms with Crippen molar-refractivity contribution < 1.29 is 9.53 Å². The van der Waals surface area contributed by atoms with Gasteiger partial charge in [0.2, 0.25) is 5.95 Å². The van der Waals surface area contributed by atoms with Crippen LogP contribution in [0.4, 0.5) is 11.6 Å². The fourth-order valence-corrected chi connectivity index (χ4v) is 2.93. The topological polar surface area (TPSA) is 67.3 Å². The number of hydrogen-bond donors (Lipinski definition) is 1. The van der Waals surface area contributed by atoms with Gasteiger partial charge in [-0.3, -0.25) is 4.79 Å². The normalized spacial score (nSPS) is 10.4. The number of hydrogen-bond acceptors (Lipinski definition) is 5. The predicted octanol–water partition coefficient (Wildman–Crippen LogP) is 4.46. The number of carbonyl (C=O) groups excluding carboxylic acids is 1. The number of rotatable bonds is 6. The maximum absolute atomic E-state index is 12.8. The second kappa shape index (κ2) is 8.71. The number of benzene rings is 2. The van der Waals surface area contributed by atoms with E-state index in [-0.39, 0.29) is 5.91 Å². The molecule has 0 spiro atoms. The summed E-state index contributed by atoms with van der Waals surface area (Å²) in [6.07, 6.45) is 0. The van der Waals surface area contributed by atoms with E-state index in [2.05, 4.69) is 15.3 Å². The molecule has 2 aromatic carbocycles. The predicted molar refractivity (Wildman–Crippen MR) is 110 cm³/mol. The highest BCUT2D eigenvalue weighted by molar-refractivity contribution is 6.31. The zero-order valence-electron chi connectivity index (χ0n) is 15.9. The van der Waals surface area contributed by atoms with E-state index >= 15 is 0 Å². The Morgan fingerprint density at radius 3 is 2.61 bits per heavy atom. The van der Waals surface area contributed by atoms with Crippen LogP contribution in [0.15, 0.2) is 54.6 Å². The standard InChI is InChI=1S/C21H21ClN4O2/c1-14-11-18(20(27)26(2)13-15-7-5-4-6-8-15)25-21(23-14)24-17-12-16(22)9-10-19(17)28-3/h4-12H,13H2,1-3H3,(H,23,24,25). The fourth-order valence-electron chi connectivity index (χ4n) is 2.76. The van der Waals surface area contributed by atoms with Gasteiger partial charge in [0.25, 0.3) is 5.91 Å². The van der Waals surface area contributed by atoms with Gasteiger partial charge in [-0.15, -0.1) is 0 Å². The summed E-state index contributed by atoms with van der Waals surface area (Å²) < 4.78 is 5.33. The van der Waals surface area contributed by atoms with Gasteiger partial charge < -0.3 is 15.0 Å². The molecule has 1 amide bonds. The van der Waals surface area contributed by atoms with Crippen molar-refractivity contribution in [3.8, 4) is 5.75 Å². The first kappa shape index (κ1) is 19.6. The number of aromatic nitrogens is 2. The van der Waals surface area contributed by atoms with Gasteiger partial charge in [0.1, 0.15) is 11.4 Å². The molecule has 0 aliphatic heterocycles. The summed E-state index contributed by atoms with van der Waals surface area (Å²) in [5.74, 6) is 0.719. The van der Waals surface area contributed by atoms with Crippen molar-refractivity contribution in [2.24, 2.45) is 0 Å². The molecule has 1 N–H and O–H groups in total. The van der Waals surface area contributed by atoms with Gasteiger partial charge in [0.15, 0.2) is 0 Å². The molecule has 28 heavy (non-hydrogen) atoms. The smallest absolute Gasteiger partial charge is 0.272 e. The summed E-state index contributed by atoms with van der Waals surface area (Å²) in [5, 5.41) is 3.64. The van der Waals surface area contributed by atoms with Gasteiger partial charge in [0.05, 0.1) is 12.8 Å². The number of ether oxygens (including phenoxy) is 1. The molecule has 0 aliphatic carbocycles. The number of nitrogens with zero attached hydrogens (tertiary/aromatic N) is 3. The van der Waals surface area contributed by atoms with Crippen LogP contribution in [-0.2, 0) is 6.54 Å². The Morgan fingerprint density at radius 1 is 1.14 bits per heavy atom. The van der Waals surface area contributed by atoms with Gasteiger partial charge in [-0.25, -0.2) is 9.97 Å². The average molecular weight is 397 g/mol. The van der Waals surface area contributed by atoms with Gasteiger partial charge >= 0.3 is 0 Å². The average Bonchev–Trinajstić information content (AvgIpc) is 2.68. The first-order valence-corrected chi connectivity index (χ1v) is 9.09. The fraction of sp³-hybridized carbons (Fsp3) is 0.190. The molecule has 0 saturated heterocycles. The van der Waals surface area contributed by atoms with Crippen LogP contribution < -0.4 is 10.1 Å². The number of halogens is 1. The number of carbonyl (C=O) groups is 1. The largest absolute Gasteiger partial charge is 0.495 e. The van der Waals surface area contributed by atoms with Crippen molar-refractivity contribution in [3.05, 3.63) is 76.6 Å². The summed E-state index contributed by atoms with van der Waals surface area (Å²) in [5.41, 5.74) is 2.66. The maximum atomic E-state index is 12.8. The molecule has 0 saturated carbocycles. The molecule has 0 fully saturated rings. The lowest BCUT2D eigenvalue weighted by Gasteiger charge is -2.18. The van der Waals surface area contributed by atoms with E-state index < -0.39 is 0 Å². The minimum absolute atomic E-state index is 0.185. The zero-order valence-corrected chi connectivity index (χ0v) is 16.7. The van der Waals surface area contributed by atoms with Crippen molar-refractivity contribution in [2.75, 3.05) is 19.5 Å². The SMILES string of the molecule is COc1ccc(Cl)cc1Nc1nc(C)cc(C(=O)N(C)Cc2ccccc2)n1. The van der Waals surface area contributed by atoms with Crippen molar-refractivity contribution in [2.45, 2.75) is 13.5 Å². The van der Waals surface area contributed by atoms with E-state index in [4.69, 9.17) is 16.3 Å². The molecular formula is C21H21ClN4O2. The van der Waals surface area contributed by atoms with Crippen molar-refractivity contribution in [1.29, 1.82) is 0 Å². The summed E-state index contributed by atoms with van der Waals surface area (Å²) >= 11 is 6.07. The summed E-state index contributed by atoms with van der Waals surface area (Å²) in [6, 6.07) is 16.7. The van der Waals surface area contributed by atoms with Crippen LogP contribution in [0, 0.1) is 6.92 Å². The van der Waals surface area contributed by atoms with E-state index in [9.17, 15) is 4.79 Å². The summed E-state index contributed by atoms with van der Waals surface area (Å²) in [7, 11) is 3.32. The van der Waals surface area contributed by atoms with Crippen LogP contribution in [0.5, 0.6) is 5.75 Å². The number of amides is 1. The molecule has 0 aliphatic rings. The molecule has 3 aromatic rings. The lowest BCUT2D eigenvalue weighted by Crippen LogP contribution is -2.27. The highest BCUT2D eigenvalue weighted by Gasteiger charge is 2.16. The number of methoxy groups -OCH3 is 1. The third-order valence-electron chi connectivity index (χ3n) is 4.09. The third kappa shape index (κ3) is 4.78. The van der Waals surface area contributed by atoms with E-state index in [1.807, 2.05) is 37.3 Å². The monoisotopic (exact) mass is 396 g/mol. The van der Waals surface area contributed by atoms with Crippen LogP contribution in [0.2, 0.25) is 5.02 Å². The van der Waals surface area contributed by atoms with Gasteiger partial charge in [0, 0.05) is 24.3 Å². The lowest BCUT2D eigenvalue weighted by atomic mass is 10.2. The van der Waals surface area contributed by atoms with Crippen LogP contribution in [0.3, 0.4) is 0 Å². The molecule has 3 rings (SSSR count). The Balaban J connectivity index is 1.83. The van der Waals surface area contributed by atoms with E-state index in [1.54, 1.807) is 43.3 Å². The lowest BCUT2D eigenvalue weighted by molar-refractivity contribution is 0.0779. The minimum Gasteiger partial charge on any atom is -0.495 e. The Kier molecular flexibility index (Phi) is 6.11. The molecule has 6 nitrogen and oxygen atoms in total. The summed E-state index contributed by atoms with van der Waals surface area (Å²) in [4.78, 5) is 23.2. The van der Waals surface area contributed by atoms with Crippen molar-refractivity contribution >= 4 is 29.1 Å². The number of anilines is 2. The number of nitrogens with one attached hydrogen (secondary N) is 1. The highest BCUT2D eigenvalue weighted by atomic mass is 35.5. The second-order valence-electron chi connectivity index (χ2n) is 6.33. The molecule has 0 atom stereocenters. The van der Waals surface area contributed by atoms with E-state index in [0.717, 1.165) is 5.56 Å². The highest BCUT2D eigenvalue weighted by Crippen LogP contribution is 2.29. The van der Waals surface area contributed by atoms with Gasteiger partial charge in [-0.2, -0.15) is 0 Å². The van der Waals surface area contributed by atoms with Crippen LogP contribution >= 0.6 is 11.6 Å². The molecule has 144 valence electrons.